The molecule has 160 valence electrons. The van der Waals surface area contributed by atoms with Gasteiger partial charge in [-0.1, -0.05) is 48.5 Å². The SMILES string of the molecule is O=C1NC(=O)C2=C1c1c([nH]c3ccccc13)C1Cc3cc(OCc4ccccc4)ccc3N21. The topological polar surface area (TPSA) is 74.4 Å². The van der Waals surface area contributed by atoms with E-state index in [9.17, 15) is 9.59 Å². The van der Waals surface area contributed by atoms with Gasteiger partial charge in [-0.2, -0.15) is 0 Å². The van der Waals surface area contributed by atoms with E-state index >= 15 is 0 Å². The Morgan fingerprint density at radius 2 is 1.76 bits per heavy atom. The largest absolute Gasteiger partial charge is 0.489 e. The van der Waals surface area contributed by atoms with E-state index in [4.69, 9.17) is 4.74 Å². The quantitative estimate of drug-likeness (QED) is 0.474. The van der Waals surface area contributed by atoms with Crippen LogP contribution in [0.2, 0.25) is 0 Å². The summed E-state index contributed by atoms with van der Waals surface area (Å²) < 4.78 is 6.04. The molecule has 1 aromatic heterocycles. The first-order chi connectivity index (χ1) is 16.2. The number of para-hydroxylation sites is 1. The number of nitrogens with one attached hydrogen (secondary N) is 2. The van der Waals surface area contributed by atoms with Crippen LogP contribution in [0.25, 0.3) is 16.5 Å². The lowest BCUT2D eigenvalue weighted by Crippen LogP contribution is -2.33. The Labute approximate surface area is 189 Å². The number of aromatic nitrogens is 1. The van der Waals surface area contributed by atoms with Gasteiger partial charge in [0.1, 0.15) is 18.1 Å². The zero-order valence-corrected chi connectivity index (χ0v) is 17.6. The molecule has 4 aromatic rings. The van der Waals surface area contributed by atoms with Crippen molar-refractivity contribution in [3.8, 4) is 5.75 Å². The molecule has 0 spiro atoms. The number of H-pyrrole nitrogens is 1. The number of ether oxygens (including phenoxy) is 1. The van der Waals surface area contributed by atoms with Crippen molar-refractivity contribution in [2.24, 2.45) is 0 Å². The van der Waals surface area contributed by atoms with Crippen molar-refractivity contribution < 1.29 is 14.3 Å². The summed E-state index contributed by atoms with van der Waals surface area (Å²) in [6.45, 7) is 0.491. The highest BCUT2D eigenvalue weighted by Gasteiger charge is 2.48. The average Bonchev–Trinajstić information content (AvgIpc) is 3.49. The molecule has 6 nitrogen and oxygen atoms in total. The van der Waals surface area contributed by atoms with Gasteiger partial charge in [-0.3, -0.25) is 14.9 Å². The van der Waals surface area contributed by atoms with Crippen LogP contribution in [0, 0.1) is 0 Å². The van der Waals surface area contributed by atoms with E-state index in [1.807, 2.05) is 77.7 Å². The molecule has 0 saturated carbocycles. The smallest absolute Gasteiger partial charge is 0.275 e. The number of hydrogen-bond acceptors (Lipinski definition) is 4. The van der Waals surface area contributed by atoms with Crippen LogP contribution >= 0.6 is 0 Å². The number of nitrogens with zero attached hydrogens (tertiary/aromatic N) is 1. The summed E-state index contributed by atoms with van der Waals surface area (Å²) in [6.07, 6.45) is 0.718. The van der Waals surface area contributed by atoms with Crippen LogP contribution in [0.15, 0.2) is 78.5 Å². The molecule has 0 bridgehead atoms. The molecule has 6 heteroatoms. The van der Waals surface area contributed by atoms with Crippen molar-refractivity contribution in [1.82, 2.24) is 10.3 Å². The van der Waals surface area contributed by atoms with E-state index in [1.165, 1.54) is 0 Å². The number of benzene rings is 3. The van der Waals surface area contributed by atoms with Gasteiger partial charge < -0.3 is 14.6 Å². The van der Waals surface area contributed by atoms with E-state index < -0.39 is 0 Å². The van der Waals surface area contributed by atoms with E-state index in [2.05, 4.69) is 10.3 Å². The Morgan fingerprint density at radius 1 is 0.939 bits per heavy atom. The monoisotopic (exact) mass is 433 g/mol. The number of carbonyl (C=O) groups excluding carboxylic acids is 2. The highest BCUT2D eigenvalue weighted by Crippen LogP contribution is 2.52. The Hall–Kier alpha value is -4.32. The first-order valence-electron chi connectivity index (χ1n) is 11.0. The van der Waals surface area contributed by atoms with Crippen LogP contribution in [0.1, 0.15) is 28.4 Å². The number of fused-ring (bicyclic) bond motifs is 9. The minimum Gasteiger partial charge on any atom is -0.489 e. The number of carbonyl (C=O) groups is 2. The second kappa shape index (κ2) is 6.59. The fourth-order valence-corrected chi connectivity index (χ4v) is 5.36. The van der Waals surface area contributed by atoms with Crippen molar-refractivity contribution in [3.05, 3.63) is 101 Å². The van der Waals surface area contributed by atoms with Crippen LogP contribution in [0.5, 0.6) is 5.75 Å². The number of hydrogen-bond donors (Lipinski definition) is 2. The van der Waals surface area contributed by atoms with Gasteiger partial charge in [0.2, 0.25) is 0 Å². The van der Waals surface area contributed by atoms with Crippen LogP contribution in [0.3, 0.4) is 0 Å². The summed E-state index contributed by atoms with van der Waals surface area (Å²) in [5, 5.41) is 3.48. The summed E-state index contributed by atoms with van der Waals surface area (Å²) in [6, 6.07) is 23.9. The first-order valence-corrected chi connectivity index (χ1v) is 11.0. The molecule has 2 amide bonds. The predicted octanol–water partition coefficient (Wildman–Crippen LogP) is 4.23. The second-order valence-electron chi connectivity index (χ2n) is 8.62. The van der Waals surface area contributed by atoms with Gasteiger partial charge in [0, 0.05) is 34.3 Å². The third kappa shape index (κ3) is 2.55. The summed E-state index contributed by atoms with van der Waals surface area (Å²) >= 11 is 0. The minimum absolute atomic E-state index is 0.0813. The van der Waals surface area contributed by atoms with Gasteiger partial charge in [-0.25, -0.2) is 0 Å². The van der Waals surface area contributed by atoms with Crippen LogP contribution in [0.4, 0.5) is 5.69 Å². The Kier molecular flexibility index (Phi) is 3.65. The lowest BCUT2D eigenvalue weighted by atomic mass is 9.92. The molecule has 0 saturated heterocycles. The predicted molar refractivity (Wildman–Crippen MR) is 125 cm³/mol. The fourth-order valence-electron chi connectivity index (χ4n) is 5.36. The highest BCUT2D eigenvalue weighted by molar-refractivity contribution is 6.39. The zero-order chi connectivity index (χ0) is 22.1. The molecule has 3 aliphatic rings. The minimum atomic E-state index is -0.340. The van der Waals surface area contributed by atoms with Gasteiger partial charge in [-0.05, 0) is 35.4 Å². The molecule has 2 N–H and O–H groups in total. The summed E-state index contributed by atoms with van der Waals surface area (Å²) in [5.74, 6) is 0.111. The Balaban J connectivity index is 1.33. The van der Waals surface area contributed by atoms with Gasteiger partial charge in [0.05, 0.1) is 11.6 Å². The standard InChI is InChI=1S/C27H19N3O3/c31-26-23-22-18-8-4-5-9-19(18)28-24(22)21-13-16-12-17(33-14-15-6-2-1-3-7-15)10-11-20(16)30(21)25(23)27(32)29-26/h1-12,21,28H,13-14H2,(H,29,31,32). The zero-order valence-electron chi connectivity index (χ0n) is 17.6. The molecule has 1 atom stereocenters. The highest BCUT2D eigenvalue weighted by atomic mass is 16.5. The number of rotatable bonds is 3. The maximum Gasteiger partial charge on any atom is 0.275 e. The van der Waals surface area contributed by atoms with Crippen LogP contribution in [-0.4, -0.2) is 16.8 Å². The molecule has 33 heavy (non-hydrogen) atoms. The number of anilines is 1. The molecule has 0 fully saturated rings. The molecular formula is C27H19N3O3. The van der Waals surface area contributed by atoms with Crippen molar-refractivity contribution in [2.45, 2.75) is 19.1 Å². The molecule has 0 radical (unpaired) electrons. The fraction of sp³-hybridized carbons (Fsp3) is 0.111. The third-order valence-electron chi connectivity index (χ3n) is 6.75. The normalized spacial score (nSPS) is 18.2. The van der Waals surface area contributed by atoms with Gasteiger partial charge in [0.15, 0.2) is 0 Å². The number of amides is 2. The van der Waals surface area contributed by atoms with E-state index in [0.717, 1.165) is 51.1 Å². The molecular weight excluding hydrogens is 414 g/mol. The van der Waals surface area contributed by atoms with E-state index in [1.54, 1.807) is 0 Å². The average molecular weight is 433 g/mol. The Bertz CT molecular complexity index is 1520. The summed E-state index contributed by atoms with van der Waals surface area (Å²) in [4.78, 5) is 31.3. The Morgan fingerprint density at radius 3 is 2.64 bits per heavy atom. The molecule has 1 unspecified atom stereocenters. The molecule has 7 rings (SSSR count). The number of imide groups is 1. The lowest BCUT2D eigenvalue weighted by molar-refractivity contribution is -0.123. The summed E-state index contributed by atoms with van der Waals surface area (Å²) in [7, 11) is 0. The molecule has 3 aliphatic heterocycles. The van der Waals surface area contributed by atoms with Crippen molar-refractivity contribution in [3.63, 3.8) is 0 Å². The molecule has 3 aromatic carbocycles. The third-order valence-corrected chi connectivity index (χ3v) is 6.75. The van der Waals surface area contributed by atoms with Crippen LogP contribution in [-0.2, 0) is 22.6 Å². The number of aromatic amines is 1. The second-order valence-corrected chi connectivity index (χ2v) is 8.62. The first kappa shape index (κ1) is 18.3. The molecule has 4 heterocycles. The van der Waals surface area contributed by atoms with Crippen molar-refractivity contribution >= 4 is 34.0 Å². The molecule has 0 aliphatic carbocycles. The van der Waals surface area contributed by atoms with E-state index in [0.29, 0.717) is 17.9 Å². The van der Waals surface area contributed by atoms with Gasteiger partial charge in [0.25, 0.3) is 11.8 Å². The maximum atomic E-state index is 12.9. The lowest BCUT2D eigenvalue weighted by Gasteiger charge is -2.32. The van der Waals surface area contributed by atoms with Gasteiger partial charge >= 0.3 is 0 Å². The van der Waals surface area contributed by atoms with Crippen molar-refractivity contribution in [1.29, 1.82) is 0 Å². The summed E-state index contributed by atoms with van der Waals surface area (Å²) in [5.41, 5.74) is 6.83. The van der Waals surface area contributed by atoms with Gasteiger partial charge in [-0.15, -0.1) is 0 Å². The van der Waals surface area contributed by atoms with Crippen LogP contribution < -0.4 is 15.0 Å². The van der Waals surface area contributed by atoms with E-state index in [-0.39, 0.29) is 17.9 Å². The van der Waals surface area contributed by atoms with Crippen molar-refractivity contribution in [2.75, 3.05) is 4.90 Å². The maximum absolute atomic E-state index is 12.9.